The lowest BCUT2D eigenvalue weighted by Crippen LogP contribution is -2.12. The summed E-state index contributed by atoms with van der Waals surface area (Å²) < 4.78 is 35.2. The predicted octanol–water partition coefficient (Wildman–Crippen LogP) is 8.43. The van der Waals surface area contributed by atoms with Gasteiger partial charge >= 0.3 is 10.4 Å². The van der Waals surface area contributed by atoms with Gasteiger partial charge in [0, 0.05) is 5.92 Å². The van der Waals surface area contributed by atoms with Gasteiger partial charge < -0.3 is 0 Å². The van der Waals surface area contributed by atoms with Crippen molar-refractivity contribution < 1.29 is 17.2 Å². The smallest absolute Gasteiger partial charge is 0.264 e. The number of hydrogen-bond acceptors (Lipinski definition) is 3. The van der Waals surface area contributed by atoms with Crippen LogP contribution in [0.25, 0.3) is 0 Å². The average Bonchev–Trinajstić information content (AvgIpc) is 2.70. The summed E-state index contributed by atoms with van der Waals surface area (Å²) in [5.41, 5.74) is 0. The van der Waals surface area contributed by atoms with Gasteiger partial charge in [-0.05, 0) is 19.3 Å². The Hall–Kier alpha value is -0.390. The van der Waals surface area contributed by atoms with E-state index in [-0.39, 0.29) is 12.5 Å². The van der Waals surface area contributed by atoms with Gasteiger partial charge in [-0.15, -0.1) is 0 Å². The number of hydrogen-bond donors (Lipinski definition) is 1. The second-order valence-corrected chi connectivity index (χ2v) is 9.87. The summed E-state index contributed by atoms with van der Waals surface area (Å²) in [6.45, 7) is 4.50. The monoisotopic (exact) mass is 446 g/mol. The molecule has 0 saturated carbocycles. The molecule has 0 aromatic rings. The molecule has 1 unspecified atom stereocenters. The van der Waals surface area contributed by atoms with Gasteiger partial charge in [0.05, 0.1) is 6.61 Å². The zero-order valence-corrected chi connectivity index (χ0v) is 20.8. The van der Waals surface area contributed by atoms with E-state index < -0.39 is 10.4 Å². The normalized spacial score (nSPS) is 13.3. The molecule has 0 radical (unpaired) electrons. The van der Waals surface area contributed by atoms with Crippen LogP contribution < -0.4 is 0 Å². The molecule has 0 amide bonds. The highest BCUT2D eigenvalue weighted by atomic mass is 32.3. The van der Waals surface area contributed by atoms with E-state index in [1.54, 1.807) is 0 Å². The molecule has 0 heterocycles. The van der Waals surface area contributed by atoms with Crippen molar-refractivity contribution in [1.82, 2.24) is 0 Å². The summed E-state index contributed by atoms with van der Waals surface area (Å²) in [5.74, 6) is 0.0610. The molecule has 0 saturated heterocycles. The minimum atomic E-state index is -4.35. The molecule has 0 fully saturated rings. The summed E-state index contributed by atoms with van der Waals surface area (Å²) in [5, 5.41) is 0. The highest BCUT2D eigenvalue weighted by Gasteiger charge is 2.11. The van der Waals surface area contributed by atoms with Gasteiger partial charge in [-0.3, -0.25) is 4.55 Å². The van der Waals surface area contributed by atoms with Crippen molar-refractivity contribution in [2.45, 2.75) is 136 Å². The SMILES string of the molecule is CCCCCCCCCCCCCC/C=C/C(CCCCCCC)COS(=O)(=O)O. The summed E-state index contributed by atoms with van der Waals surface area (Å²) in [6, 6.07) is 0. The Balaban J connectivity index is 3.76. The van der Waals surface area contributed by atoms with Crippen LogP contribution in [-0.4, -0.2) is 19.6 Å². The molecule has 0 spiro atoms. The molecular formula is C25H50O4S. The topological polar surface area (TPSA) is 63.6 Å². The van der Waals surface area contributed by atoms with Crippen LogP contribution in [0.2, 0.25) is 0 Å². The zero-order valence-electron chi connectivity index (χ0n) is 20.0. The van der Waals surface area contributed by atoms with Gasteiger partial charge in [0.2, 0.25) is 0 Å². The maximum atomic E-state index is 10.9. The molecule has 1 N–H and O–H groups in total. The zero-order chi connectivity index (χ0) is 22.3. The lowest BCUT2D eigenvalue weighted by atomic mass is 10.00. The van der Waals surface area contributed by atoms with E-state index in [1.165, 1.54) is 103 Å². The van der Waals surface area contributed by atoms with Gasteiger partial charge in [0.25, 0.3) is 0 Å². The van der Waals surface area contributed by atoms with Crippen LogP contribution in [0.3, 0.4) is 0 Å². The van der Waals surface area contributed by atoms with Gasteiger partial charge in [-0.1, -0.05) is 129 Å². The third-order valence-corrected chi connectivity index (χ3v) is 6.18. The molecule has 0 aliphatic rings. The largest absolute Gasteiger partial charge is 0.397 e. The molecule has 0 aliphatic heterocycles. The molecule has 0 rings (SSSR count). The Bertz CT molecular complexity index is 474. The highest BCUT2D eigenvalue weighted by Crippen LogP contribution is 2.16. The summed E-state index contributed by atoms with van der Waals surface area (Å²) in [6.07, 6.45) is 28.4. The fraction of sp³-hybridized carbons (Fsp3) is 0.920. The van der Waals surface area contributed by atoms with Crippen LogP contribution in [0.4, 0.5) is 0 Å². The number of unbranched alkanes of at least 4 members (excludes halogenated alkanes) is 16. The predicted molar refractivity (Wildman–Crippen MR) is 129 cm³/mol. The van der Waals surface area contributed by atoms with E-state index in [0.29, 0.717) is 0 Å². The van der Waals surface area contributed by atoms with Crippen molar-refractivity contribution in [3.8, 4) is 0 Å². The van der Waals surface area contributed by atoms with E-state index in [1.807, 2.05) is 0 Å². The quantitative estimate of drug-likeness (QED) is 0.0971. The van der Waals surface area contributed by atoms with Crippen LogP contribution in [0.5, 0.6) is 0 Å². The Kier molecular flexibility index (Phi) is 21.5. The van der Waals surface area contributed by atoms with Crippen LogP contribution in [0.15, 0.2) is 12.2 Å². The first-order valence-corrected chi connectivity index (χ1v) is 14.1. The molecule has 4 nitrogen and oxygen atoms in total. The molecular weight excluding hydrogens is 396 g/mol. The maximum Gasteiger partial charge on any atom is 0.397 e. The molecule has 0 aromatic heterocycles. The van der Waals surface area contributed by atoms with E-state index in [4.69, 9.17) is 4.55 Å². The first-order valence-electron chi connectivity index (χ1n) is 12.8. The molecule has 30 heavy (non-hydrogen) atoms. The van der Waals surface area contributed by atoms with Crippen molar-refractivity contribution in [1.29, 1.82) is 0 Å². The molecule has 5 heteroatoms. The van der Waals surface area contributed by atoms with Crippen molar-refractivity contribution in [2.24, 2.45) is 5.92 Å². The lowest BCUT2D eigenvalue weighted by Gasteiger charge is -2.12. The lowest BCUT2D eigenvalue weighted by molar-refractivity contribution is 0.234. The fourth-order valence-electron chi connectivity index (χ4n) is 3.81. The molecule has 0 aliphatic carbocycles. The van der Waals surface area contributed by atoms with E-state index in [9.17, 15) is 8.42 Å². The summed E-state index contributed by atoms with van der Waals surface area (Å²) >= 11 is 0. The van der Waals surface area contributed by atoms with Gasteiger partial charge in [-0.25, -0.2) is 4.18 Å². The summed E-state index contributed by atoms with van der Waals surface area (Å²) in [7, 11) is -4.35. The second kappa shape index (κ2) is 21.8. The van der Waals surface area contributed by atoms with Gasteiger partial charge in [0.1, 0.15) is 0 Å². The Labute approximate surface area is 188 Å². The highest BCUT2D eigenvalue weighted by molar-refractivity contribution is 7.80. The first kappa shape index (κ1) is 29.6. The minimum Gasteiger partial charge on any atom is -0.264 e. The first-order chi connectivity index (χ1) is 14.5. The van der Waals surface area contributed by atoms with E-state index in [2.05, 4.69) is 30.2 Å². The fourth-order valence-corrected chi connectivity index (χ4v) is 4.16. The number of rotatable bonds is 23. The molecule has 180 valence electrons. The van der Waals surface area contributed by atoms with Crippen LogP contribution in [0, 0.1) is 5.92 Å². The number of allylic oxidation sites excluding steroid dienone is 1. The summed E-state index contributed by atoms with van der Waals surface area (Å²) in [4.78, 5) is 0. The van der Waals surface area contributed by atoms with Gasteiger partial charge in [-0.2, -0.15) is 8.42 Å². The Morgan fingerprint density at radius 1 is 0.700 bits per heavy atom. The molecule has 0 aromatic carbocycles. The third-order valence-electron chi connectivity index (χ3n) is 5.74. The van der Waals surface area contributed by atoms with E-state index in [0.717, 1.165) is 19.3 Å². The van der Waals surface area contributed by atoms with Crippen molar-refractivity contribution >= 4 is 10.4 Å². The Morgan fingerprint density at radius 2 is 1.13 bits per heavy atom. The van der Waals surface area contributed by atoms with Crippen molar-refractivity contribution in [2.75, 3.05) is 6.61 Å². The average molecular weight is 447 g/mol. The maximum absolute atomic E-state index is 10.9. The molecule has 1 atom stereocenters. The third kappa shape index (κ3) is 23.9. The van der Waals surface area contributed by atoms with E-state index >= 15 is 0 Å². The molecule has 0 bridgehead atoms. The van der Waals surface area contributed by atoms with Crippen LogP contribution >= 0.6 is 0 Å². The van der Waals surface area contributed by atoms with Crippen molar-refractivity contribution in [3.63, 3.8) is 0 Å². The van der Waals surface area contributed by atoms with Gasteiger partial charge in [0.15, 0.2) is 0 Å². The Morgan fingerprint density at radius 3 is 1.60 bits per heavy atom. The second-order valence-electron chi connectivity index (χ2n) is 8.78. The standard InChI is InChI=1S/C25H50O4S/c1-3-5-7-9-10-11-12-13-14-15-16-17-19-21-23-25(24-29-30(26,27)28)22-20-18-8-6-4-2/h21,23,25H,3-20,22,24H2,1-2H3,(H,26,27,28)/b23-21+. The minimum absolute atomic E-state index is 0.0432. The van der Waals surface area contributed by atoms with Crippen LogP contribution in [-0.2, 0) is 14.6 Å². The van der Waals surface area contributed by atoms with Crippen LogP contribution in [0.1, 0.15) is 136 Å². The van der Waals surface area contributed by atoms with Crippen molar-refractivity contribution in [3.05, 3.63) is 12.2 Å².